The lowest BCUT2D eigenvalue weighted by Gasteiger charge is -2.11. The third-order valence-corrected chi connectivity index (χ3v) is 5.10. The average molecular weight is 386 g/mol. The number of halogens is 1. The van der Waals surface area contributed by atoms with Crippen molar-refractivity contribution in [1.82, 2.24) is 14.7 Å². The Morgan fingerprint density at radius 2 is 1.93 bits per heavy atom. The number of nitrogens with two attached hydrogens (primary N) is 1. The van der Waals surface area contributed by atoms with Crippen molar-refractivity contribution in [1.29, 1.82) is 0 Å². The fourth-order valence-electron chi connectivity index (χ4n) is 2.56. The smallest absolute Gasteiger partial charge is 0.141 e. The van der Waals surface area contributed by atoms with Crippen LogP contribution < -0.4 is 10.5 Å². The van der Waals surface area contributed by atoms with Crippen molar-refractivity contribution in [3.05, 3.63) is 60.7 Å². The number of rotatable bonds is 7. The van der Waals surface area contributed by atoms with Crippen LogP contribution in [0.2, 0.25) is 0 Å². The molecule has 0 fully saturated rings. The van der Waals surface area contributed by atoms with Crippen LogP contribution in [-0.4, -0.2) is 32.4 Å². The van der Waals surface area contributed by atoms with Crippen LogP contribution in [0.15, 0.2) is 59.8 Å². The molecule has 1 heterocycles. The van der Waals surface area contributed by atoms with E-state index in [1.807, 2.05) is 0 Å². The fourth-order valence-corrected chi connectivity index (χ4v) is 3.63. The van der Waals surface area contributed by atoms with Gasteiger partial charge in [-0.15, -0.1) is 0 Å². The van der Waals surface area contributed by atoms with Gasteiger partial charge in [0.15, 0.2) is 0 Å². The van der Waals surface area contributed by atoms with E-state index in [0.717, 1.165) is 0 Å². The minimum Gasteiger partial charge on any atom is -0.396 e. The summed E-state index contributed by atoms with van der Waals surface area (Å²) in [5.41, 5.74) is 7.48. The van der Waals surface area contributed by atoms with Gasteiger partial charge in [0.25, 0.3) is 0 Å². The number of nitrogens with one attached hydrogen (secondary N) is 1. The standard InChI is InChI=1S/C19H19FN4O2S/c20-16-10-13(6-7-15(16)17-11-23-19(21)12-22-17)14-4-1-2-5-18(14)27(26)24-8-3-9-25/h1-2,4-7,10-12,24-25H,3,8-9H2,(H2,21,23). The Morgan fingerprint density at radius 3 is 2.63 bits per heavy atom. The molecule has 1 unspecified atom stereocenters. The van der Waals surface area contributed by atoms with Crippen LogP contribution in [0.1, 0.15) is 6.42 Å². The normalized spacial score (nSPS) is 12.1. The molecule has 0 saturated carbocycles. The number of anilines is 1. The Hall–Kier alpha value is -2.68. The first kappa shape index (κ1) is 19.1. The molecule has 8 heteroatoms. The van der Waals surface area contributed by atoms with Gasteiger partial charge in [-0.25, -0.2) is 18.3 Å². The van der Waals surface area contributed by atoms with Gasteiger partial charge >= 0.3 is 0 Å². The molecule has 140 valence electrons. The van der Waals surface area contributed by atoms with Gasteiger partial charge in [0, 0.05) is 18.7 Å². The number of nitrogens with zero attached hydrogens (tertiary/aromatic N) is 2. The zero-order valence-electron chi connectivity index (χ0n) is 14.4. The van der Waals surface area contributed by atoms with Crippen LogP contribution >= 0.6 is 0 Å². The molecule has 1 aromatic heterocycles. The highest BCUT2D eigenvalue weighted by atomic mass is 32.2. The lowest BCUT2D eigenvalue weighted by molar-refractivity contribution is 0.289. The maximum atomic E-state index is 14.7. The summed E-state index contributed by atoms with van der Waals surface area (Å²) < 4.78 is 30.1. The molecule has 0 aliphatic rings. The average Bonchev–Trinajstić information content (AvgIpc) is 2.69. The van der Waals surface area contributed by atoms with E-state index >= 15 is 0 Å². The minimum atomic E-state index is -1.47. The summed E-state index contributed by atoms with van der Waals surface area (Å²) in [6.45, 7) is 0.438. The highest BCUT2D eigenvalue weighted by molar-refractivity contribution is 7.83. The molecule has 4 N–H and O–H groups in total. The van der Waals surface area contributed by atoms with Gasteiger partial charge in [-0.3, -0.25) is 4.98 Å². The van der Waals surface area contributed by atoms with E-state index in [1.54, 1.807) is 36.4 Å². The summed E-state index contributed by atoms with van der Waals surface area (Å²) in [6.07, 6.45) is 3.29. The second kappa shape index (κ2) is 8.81. The SMILES string of the molecule is Nc1cnc(-c2ccc(-c3ccccc3S(=O)NCCCO)cc2F)cn1. The van der Waals surface area contributed by atoms with E-state index in [1.165, 1.54) is 18.5 Å². The molecule has 0 spiro atoms. The molecule has 0 aliphatic carbocycles. The molecule has 0 bridgehead atoms. The fraction of sp³-hybridized carbons (Fsp3) is 0.158. The Balaban J connectivity index is 1.92. The first-order valence-corrected chi connectivity index (χ1v) is 9.48. The molecule has 0 radical (unpaired) electrons. The molecular formula is C19H19FN4O2S. The van der Waals surface area contributed by atoms with Crippen molar-refractivity contribution < 1.29 is 13.7 Å². The van der Waals surface area contributed by atoms with Gasteiger partial charge in [-0.1, -0.05) is 24.3 Å². The minimum absolute atomic E-state index is 0.0204. The molecule has 3 rings (SSSR count). The van der Waals surface area contributed by atoms with Crippen LogP contribution in [-0.2, 0) is 11.0 Å². The molecule has 2 aromatic carbocycles. The highest BCUT2D eigenvalue weighted by Gasteiger charge is 2.14. The lowest BCUT2D eigenvalue weighted by atomic mass is 10.0. The van der Waals surface area contributed by atoms with Crippen LogP contribution in [0.25, 0.3) is 22.4 Å². The third kappa shape index (κ3) is 4.54. The largest absolute Gasteiger partial charge is 0.396 e. The van der Waals surface area contributed by atoms with Gasteiger partial charge in [0.1, 0.15) is 22.6 Å². The van der Waals surface area contributed by atoms with Crippen molar-refractivity contribution in [2.75, 3.05) is 18.9 Å². The van der Waals surface area contributed by atoms with Gasteiger partial charge in [0.2, 0.25) is 0 Å². The van der Waals surface area contributed by atoms with Crippen molar-refractivity contribution in [2.24, 2.45) is 0 Å². The number of hydrogen-bond donors (Lipinski definition) is 3. The molecule has 0 amide bonds. The first-order valence-electron chi connectivity index (χ1n) is 8.33. The van der Waals surface area contributed by atoms with Crippen LogP contribution in [0.5, 0.6) is 0 Å². The quantitative estimate of drug-likeness (QED) is 0.542. The van der Waals surface area contributed by atoms with E-state index in [0.29, 0.717) is 40.2 Å². The Morgan fingerprint density at radius 1 is 1.11 bits per heavy atom. The van der Waals surface area contributed by atoms with E-state index in [9.17, 15) is 8.60 Å². The summed E-state index contributed by atoms with van der Waals surface area (Å²) in [7, 11) is -1.47. The Labute approximate surface area is 158 Å². The summed E-state index contributed by atoms with van der Waals surface area (Å²) in [5.74, 6) is -0.193. The molecule has 0 aliphatic heterocycles. The van der Waals surface area contributed by atoms with Crippen LogP contribution in [0.4, 0.5) is 10.2 Å². The summed E-state index contributed by atoms with van der Waals surface area (Å²) in [6, 6.07) is 11.9. The number of benzene rings is 2. The van der Waals surface area contributed by atoms with Crippen molar-refractivity contribution in [3.63, 3.8) is 0 Å². The van der Waals surface area contributed by atoms with Gasteiger partial charge in [0.05, 0.1) is 23.0 Å². The third-order valence-electron chi connectivity index (χ3n) is 3.88. The number of aromatic nitrogens is 2. The van der Waals surface area contributed by atoms with Crippen LogP contribution in [0.3, 0.4) is 0 Å². The predicted molar refractivity (Wildman–Crippen MR) is 103 cm³/mol. The van der Waals surface area contributed by atoms with E-state index in [-0.39, 0.29) is 12.4 Å². The summed E-state index contributed by atoms with van der Waals surface area (Å²) >= 11 is 0. The van der Waals surface area contributed by atoms with Gasteiger partial charge < -0.3 is 10.8 Å². The number of nitrogen functional groups attached to an aromatic ring is 1. The maximum absolute atomic E-state index is 14.7. The molecule has 27 heavy (non-hydrogen) atoms. The second-order valence-electron chi connectivity index (χ2n) is 5.76. The van der Waals surface area contributed by atoms with E-state index in [2.05, 4.69) is 14.7 Å². The highest BCUT2D eigenvalue weighted by Crippen LogP contribution is 2.30. The maximum Gasteiger partial charge on any atom is 0.141 e. The van der Waals surface area contributed by atoms with E-state index in [4.69, 9.17) is 10.8 Å². The Kier molecular flexibility index (Phi) is 6.23. The second-order valence-corrected chi connectivity index (χ2v) is 7.02. The number of hydrogen-bond acceptors (Lipinski definition) is 5. The summed E-state index contributed by atoms with van der Waals surface area (Å²) in [4.78, 5) is 8.58. The molecular weight excluding hydrogens is 367 g/mol. The first-order chi connectivity index (χ1) is 13.1. The topological polar surface area (TPSA) is 101 Å². The molecule has 0 saturated heterocycles. The zero-order valence-corrected chi connectivity index (χ0v) is 15.2. The monoisotopic (exact) mass is 386 g/mol. The lowest BCUT2D eigenvalue weighted by Crippen LogP contribution is -2.19. The molecule has 6 nitrogen and oxygen atoms in total. The number of aliphatic hydroxyl groups is 1. The van der Waals surface area contributed by atoms with Crippen LogP contribution in [0, 0.1) is 5.82 Å². The Bertz CT molecular complexity index is 951. The summed E-state index contributed by atoms with van der Waals surface area (Å²) in [5, 5.41) is 8.85. The van der Waals surface area contributed by atoms with Gasteiger partial charge in [-0.2, -0.15) is 0 Å². The van der Waals surface area contributed by atoms with E-state index < -0.39 is 16.8 Å². The van der Waals surface area contributed by atoms with Crippen molar-refractivity contribution in [2.45, 2.75) is 11.3 Å². The molecule has 1 atom stereocenters. The predicted octanol–water partition coefficient (Wildman–Crippen LogP) is 2.53. The molecule has 3 aromatic rings. The van der Waals surface area contributed by atoms with Gasteiger partial charge in [-0.05, 0) is 35.7 Å². The van der Waals surface area contributed by atoms with Crippen molar-refractivity contribution >= 4 is 16.8 Å². The number of aliphatic hydroxyl groups excluding tert-OH is 1. The zero-order chi connectivity index (χ0) is 19.2. The van der Waals surface area contributed by atoms with Crippen molar-refractivity contribution in [3.8, 4) is 22.4 Å².